The third-order valence-electron chi connectivity index (χ3n) is 2.81. The monoisotopic (exact) mass is 349 g/mol. The van der Waals surface area contributed by atoms with Gasteiger partial charge in [0.25, 0.3) is 0 Å². The molecular formula is C16H16BrNO3. The Morgan fingerprint density at radius 1 is 1.10 bits per heavy atom. The fraction of sp³-hybridized carbons (Fsp3) is 0.188. The van der Waals surface area contributed by atoms with Crippen molar-refractivity contribution in [2.75, 3.05) is 18.9 Å². The molecule has 0 radical (unpaired) electrons. The summed E-state index contributed by atoms with van der Waals surface area (Å²) in [5.74, 6) is 1.22. The summed E-state index contributed by atoms with van der Waals surface area (Å²) in [6.45, 7) is 2.23. The van der Waals surface area contributed by atoms with E-state index >= 15 is 0 Å². The number of Topliss-reactive ketones (excluding diaryl/α,β-unsaturated/α-hetero) is 1. The van der Waals surface area contributed by atoms with Gasteiger partial charge in [0.05, 0.1) is 5.56 Å². The van der Waals surface area contributed by atoms with Crippen molar-refractivity contribution in [3.63, 3.8) is 0 Å². The first-order valence-electron chi connectivity index (χ1n) is 6.48. The van der Waals surface area contributed by atoms with Gasteiger partial charge in [0.15, 0.2) is 5.78 Å². The molecule has 2 N–H and O–H groups in total. The molecule has 0 fully saturated rings. The van der Waals surface area contributed by atoms with Crippen molar-refractivity contribution in [1.82, 2.24) is 0 Å². The smallest absolute Gasteiger partial charge is 0.163 e. The minimum atomic E-state index is -0.0777. The van der Waals surface area contributed by atoms with E-state index in [-0.39, 0.29) is 5.78 Å². The molecule has 0 heterocycles. The quantitative estimate of drug-likeness (QED) is 0.490. The van der Waals surface area contributed by atoms with Crippen molar-refractivity contribution in [2.45, 2.75) is 6.92 Å². The Balaban J connectivity index is 1.89. The van der Waals surface area contributed by atoms with Crippen LogP contribution in [0, 0.1) is 0 Å². The Bertz CT molecular complexity index is 626. The van der Waals surface area contributed by atoms with E-state index in [9.17, 15) is 4.79 Å². The standard InChI is InChI=1S/C16H16BrNO3/c1-11(19)15-10-13(18)4-7-16(15)21-9-8-20-14-5-2-12(17)3-6-14/h2-7,10H,8-9,18H2,1H3. The average Bonchev–Trinajstić information content (AvgIpc) is 2.46. The molecule has 2 aromatic rings. The molecule has 0 aliphatic rings. The number of ether oxygens (including phenoxy) is 2. The molecule has 0 bridgehead atoms. The fourth-order valence-electron chi connectivity index (χ4n) is 1.79. The van der Waals surface area contributed by atoms with Gasteiger partial charge in [0.2, 0.25) is 0 Å². The van der Waals surface area contributed by atoms with Crippen molar-refractivity contribution in [3.05, 3.63) is 52.5 Å². The van der Waals surface area contributed by atoms with Crippen LogP contribution < -0.4 is 15.2 Å². The zero-order valence-corrected chi connectivity index (χ0v) is 13.2. The molecule has 0 unspecified atom stereocenters. The summed E-state index contributed by atoms with van der Waals surface area (Å²) in [7, 11) is 0. The lowest BCUT2D eigenvalue weighted by molar-refractivity contribution is 0.101. The maximum absolute atomic E-state index is 11.5. The highest BCUT2D eigenvalue weighted by Crippen LogP contribution is 2.22. The third kappa shape index (κ3) is 4.49. The number of rotatable bonds is 6. The van der Waals surface area contributed by atoms with E-state index < -0.39 is 0 Å². The molecule has 21 heavy (non-hydrogen) atoms. The summed E-state index contributed by atoms with van der Waals surface area (Å²) < 4.78 is 12.1. The molecule has 0 saturated carbocycles. The lowest BCUT2D eigenvalue weighted by atomic mass is 10.1. The second-order valence-electron chi connectivity index (χ2n) is 4.46. The zero-order valence-electron chi connectivity index (χ0n) is 11.6. The first kappa shape index (κ1) is 15.4. The van der Waals surface area contributed by atoms with Gasteiger partial charge in [-0.1, -0.05) is 15.9 Å². The lowest BCUT2D eigenvalue weighted by Crippen LogP contribution is -2.11. The summed E-state index contributed by atoms with van der Waals surface area (Å²) in [5, 5.41) is 0. The van der Waals surface area contributed by atoms with Gasteiger partial charge in [-0.15, -0.1) is 0 Å². The van der Waals surface area contributed by atoms with Gasteiger partial charge < -0.3 is 15.2 Å². The Hall–Kier alpha value is -2.01. The van der Waals surface area contributed by atoms with Gasteiger partial charge in [-0.05, 0) is 49.4 Å². The van der Waals surface area contributed by atoms with E-state index in [4.69, 9.17) is 15.2 Å². The zero-order chi connectivity index (χ0) is 15.2. The fourth-order valence-corrected chi connectivity index (χ4v) is 2.05. The van der Waals surface area contributed by atoms with Crippen LogP contribution in [-0.4, -0.2) is 19.0 Å². The van der Waals surface area contributed by atoms with Gasteiger partial charge in [-0.3, -0.25) is 4.79 Å². The van der Waals surface area contributed by atoms with Crippen LogP contribution in [-0.2, 0) is 0 Å². The summed E-state index contributed by atoms with van der Waals surface area (Å²) in [6, 6.07) is 12.6. The molecule has 110 valence electrons. The molecule has 4 nitrogen and oxygen atoms in total. The highest BCUT2D eigenvalue weighted by atomic mass is 79.9. The average molecular weight is 350 g/mol. The van der Waals surface area contributed by atoms with Crippen molar-refractivity contribution in [3.8, 4) is 11.5 Å². The summed E-state index contributed by atoms with van der Waals surface area (Å²) >= 11 is 3.36. The Kier molecular flexibility index (Phi) is 5.22. The number of hydrogen-bond acceptors (Lipinski definition) is 4. The molecule has 2 aromatic carbocycles. The van der Waals surface area contributed by atoms with Crippen LogP contribution in [0.4, 0.5) is 5.69 Å². The van der Waals surface area contributed by atoms with Crippen LogP contribution in [0.25, 0.3) is 0 Å². The summed E-state index contributed by atoms with van der Waals surface area (Å²) in [6.07, 6.45) is 0. The van der Waals surface area contributed by atoms with Crippen LogP contribution in [0.15, 0.2) is 46.9 Å². The first-order chi connectivity index (χ1) is 10.1. The maximum Gasteiger partial charge on any atom is 0.163 e. The minimum absolute atomic E-state index is 0.0777. The number of ketones is 1. The van der Waals surface area contributed by atoms with E-state index in [1.807, 2.05) is 24.3 Å². The summed E-state index contributed by atoms with van der Waals surface area (Å²) in [4.78, 5) is 11.5. The number of carbonyl (C=O) groups excluding carboxylic acids is 1. The number of hydrogen-bond donors (Lipinski definition) is 1. The Morgan fingerprint density at radius 2 is 1.76 bits per heavy atom. The maximum atomic E-state index is 11.5. The predicted octanol–water partition coefficient (Wildman–Crippen LogP) is 3.69. The number of carbonyl (C=O) groups is 1. The van der Waals surface area contributed by atoms with Gasteiger partial charge in [0, 0.05) is 10.2 Å². The van der Waals surface area contributed by atoms with Crippen molar-refractivity contribution in [2.24, 2.45) is 0 Å². The molecule has 0 aliphatic carbocycles. The van der Waals surface area contributed by atoms with Crippen LogP contribution in [0.5, 0.6) is 11.5 Å². The largest absolute Gasteiger partial charge is 0.490 e. The molecule has 5 heteroatoms. The van der Waals surface area contributed by atoms with Crippen LogP contribution >= 0.6 is 15.9 Å². The van der Waals surface area contributed by atoms with Crippen molar-refractivity contribution >= 4 is 27.4 Å². The molecule has 2 rings (SSSR count). The van der Waals surface area contributed by atoms with Crippen molar-refractivity contribution in [1.29, 1.82) is 0 Å². The number of nitrogen functional groups attached to an aromatic ring is 1. The Morgan fingerprint density at radius 3 is 2.43 bits per heavy atom. The molecule has 0 aliphatic heterocycles. The van der Waals surface area contributed by atoms with E-state index in [2.05, 4.69) is 15.9 Å². The number of anilines is 1. The topological polar surface area (TPSA) is 61.6 Å². The second-order valence-corrected chi connectivity index (χ2v) is 5.38. The van der Waals surface area contributed by atoms with E-state index in [0.29, 0.717) is 30.2 Å². The lowest BCUT2D eigenvalue weighted by Gasteiger charge is -2.11. The highest BCUT2D eigenvalue weighted by Gasteiger charge is 2.08. The molecular weight excluding hydrogens is 334 g/mol. The first-order valence-corrected chi connectivity index (χ1v) is 7.27. The molecule has 0 aromatic heterocycles. The van der Waals surface area contributed by atoms with Crippen LogP contribution in [0.3, 0.4) is 0 Å². The molecule has 0 saturated heterocycles. The Labute approximate surface area is 132 Å². The van der Waals surface area contributed by atoms with E-state index in [0.717, 1.165) is 10.2 Å². The number of nitrogens with two attached hydrogens (primary N) is 1. The van der Waals surface area contributed by atoms with Crippen molar-refractivity contribution < 1.29 is 14.3 Å². The van der Waals surface area contributed by atoms with E-state index in [1.165, 1.54) is 6.92 Å². The minimum Gasteiger partial charge on any atom is -0.490 e. The summed E-state index contributed by atoms with van der Waals surface area (Å²) in [5.41, 5.74) is 6.70. The highest BCUT2D eigenvalue weighted by molar-refractivity contribution is 9.10. The van der Waals surface area contributed by atoms with Crippen LogP contribution in [0.1, 0.15) is 17.3 Å². The molecule has 0 amide bonds. The van der Waals surface area contributed by atoms with Crippen LogP contribution in [0.2, 0.25) is 0 Å². The van der Waals surface area contributed by atoms with Gasteiger partial charge in [0.1, 0.15) is 24.7 Å². The SMILES string of the molecule is CC(=O)c1cc(N)ccc1OCCOc1ccc(Br)cc1. The second kappa shape index (κ2) is 7.13. The third-order valence-corrected chi connectivity index (χ3v) is 3.33. The predicted molar refractivity (Wildman–Crippen MR) is 86.0 cm³/mol. The van der Waals surface area contributed by atoms with E-state index in [1.54, 1.807) is 18.2 Å². The van der Waals surface area contributed by atoms with Gasteiger partial charge in [-0.2, -0.15) is 0 Å². The number of benzene rings is 2. The van der Waals surface area contributed by atoms with Gasteiger partial charge in [-0.25, -0.2) is 0 Å². The number of halogens is 1. The molecule has 0 spiro atoms. The van der Waals surface area contributed by atoms with Gasteiger partial charge >= 0.3 is 0 Å². The molecule has 0 atom stereocenters. The normalized spacial score (nSPS) is 10.2.